The van der Waals surface area contributed by atoms with Gasteiger partial charge in [-0.05, 0) is 19.9 Å². The van der Waals surface area contributed by atoms with Gasteiger partial charge in [0.25, 0.3) is 0 Å². The second-order valence-corrected chi connectivity index (χ2v) is 4.36. The molecular formula is C13H19NO3. The molecule has 4 nitrogen and oxygen atoms in total. The van der Waals surface area contributed by atoms with Gasteiger partial charge in [0.2, 0.25) is 0 Å². The van der Waals surface area contributed by atoms with E-state index in [1.54, 1.807) is 0 Å². The van der Waals surface area contributed by atoms with Crippen LogP contribution in [0.2, 0.25) is 0 Å². The van der Waals surface area contributed by atoms with Crippen LogP contribution in [-0.2, 0) is 4.74 Å². The molecule has 0 aliphatic carbocycles. The molecule has 1 heterocycles. The molecule has 1 aliphatic rings. The molecule has 2 rings (SSSR count). The molecule has 0 bridgehead atoms. The molecular weight excluding hydrogens is 218 g/mol. The Morgan fingerprint density at radius 3 is 2.82 bits per heavy atom. The Labute approximate surface area is 102 Å². The monoisotopic (exact) mass is 237 g/mol. The highest BCUT2D eigenvalue weighted by molar-refractivity contribution is 5.48. The second kappa shape index (κ2) is 5.38. The van der Waals surface area contributed by atoms with Crippen molar-refractivity contribution >= 4 is 0 Å². The van der Waals surface area contributed by atoms with E-state index in [-0.39, 0.29) is 12.1 Å². The molecule has 1 aromatic rings. The van der Waals surface area contributed by atoms with Crippen molar-refractivity contribution in [1.29, 1.82) is 0 Å². The van der Waals surface area contributed by atoms with Gasteiger partial charge in [-0.1, -0.05) is 12.1 Å². The molecule has 1 aliphatic heterocycles. The number of benzene rings is 1. The third-order valence-electron chi connectivity index (χ3n) is 2.61. The van der Waals surface area contributed by atoms with Crippen LogP contribution in [0.1, 0.15) is 25.5 Å². The smallest absolute Gasteiger partial charge is 0.166 e. The maximum Gasteiger partial charge on any atom is 0.166 e. The van der Waals surface area contributed by atoms with Crippen LogP contribution in [0, 0.1) is 0 Å². The fourth-order valence-electron chi connectivity index (χ4n) is 1.77. The summed E-state index contributed by atoms with van der Waals surface area (Å²) in [5, 5.41) is 0. The molecule has 1 aromatic carbocycles. The molecule has 0 saturated carbocycles. The molecule has 4 heteroatoms. The van der Waals surface area contributed by atoms with Crippen LogP contribution >= 0.6 is 0 Å². The van der Waals surface area contributed by atoms with Gasteiger partial charge < -0.3 is 19.9 Å². The Morgan fingerprint density at radius 1 is 1.29 bits per heavy atom. The molecule has 0 fully saturated rings. The van der Waals surface area contributed by atoms with Crippen LogP contribution < -0.4 is 15.2 Å². The van der Waals surface area contributed by atoms with E-state index in [2.05, 4.69) is 0 Å². The van der Waals surface area contributed by atoms with E-state index in [0.717, 1.165) is 17.1 Å². The lowest BCUT2D eigenvalue weighted by molar-refractivity contribution is 0.0671. The fraction of sp³-hybridized carbons (Fsp3) is 0.538. The normalized spacial score (nSPS) is 16.0. The van der Waals surface area contributed by atoms with Crippen molar-refractivity contribution in [2.45, 2.75) is 26.0 Å². The van der Waals surface area contributed by atoms with Crippen LogP contribution in [0.25, 0.3) is 0 Å². The summed E-state index contributed by atoms with van der Waals surface area (Å²) in [6.45, 7) is 5.63. The number of nitrogens with two attached hydrogens (primary N) is 1. The molecule has 0 spiro atoms. The van der Waals surface area contributed by atoms with Crippen molar-refractivity contribution in [3.8, 4) is 11.5 Å². The van der Waals surface area contributed by atoms with Gasteiger partial charge in [-0.25, -0.2) is 0 Å². The first kappa shape index (κ1) is 12.2. The molecule has 0 saturated heterocycles. The summed E-state index contributed by atoms with van der Waals surface area (Å²) in [6, 6.07) is 5.60. The maximum absolute atomic E-state index is 6.11. The van der Waals surface area contributed by atoms with Gasteiger partial charge in [0, 0.05) is 5.56 Å². The zero-order valence-corrected chi connectivity index (χ0v) is 10.3. The summed E-state index contributed by atoms with van der Waals surface area (Å²) in [5.74, 6) is 1.53. The number of ether oxygens (including phenoxy) is 3. The average molecular weight is 237 g/mol. The fourth-order valence-corrected chi connectivity index (χ4v) is 1.77. The van der Waals surface area contributed by atoms with Crippen LogP contribution in [0.4, 0.5) is 0 Å². The molecule has 0 radical (unpaired) electrons. The lowest BCUT2D eigenvalue weighted by Gasteiger charge is -2.23. The van der Waals surface area contributed by atoms with E-state index in [9.17, 15) is 0 Å². The van der Waals surface area contributed by atoms with E-state index in [1.807, 2.05) is 32.0 Å². The van der Waals surface area contributed by atoms with Crippen LogP contribution in [0.5, 0.6) is 11.5 Å². The van der Waals surface area contributed by atoms with Gasteiger partial charge in [0.05, 0.1) is 18.8 Å². The number of fused-ring (bicyclic) bond motifs is 1. The highest BCUT2D eigenvalue weighted by Gasteiger charge is 2.19. The minimum absolute atomic E-state index is 0.178. The highest BCUT2D eigenvalue weighted by atomic mass is 16.6. The second-order valence-electron chi connectivity index (χ2n) is 4.36. The minimum Gasteiger partial charge on any atom is -0.486 e. The van der Waals surface area contributed by atoms with Gasteiger partial charge >= 0.3 is 0 Å². The van der Waals surface area contributed by atoms with E-state index >= 15 is 0 Å². The summed E-state index contributed by atoms with van der Waals surface area (Å²) in [5.41, 5.74) is 7.05. The van der Waals surface area contributed by atoms with Crippen LogP contribution in [0.3, 0.4) is 0 Å². The Kier molecular flexibility index (Phi) is 3.86. The van der Waals surface area contributed by atoms with Crippen molar-refractivity contribution in [2.75, 3.05) is 19.8 Å². The molecule has 0 aromatic heterocycles. The van der Waals surface area contributed by atoms with E-state index in [0.29, 0.717) is 19.8 Å². The lowest BCUT2D eigenvalue weighted by Crippen LogP contribution is -2.23. The third-order valence-corrected chi connectivity index (χ3v) is 2.61. The zero-order valence-electron chi connectivity index (χ0n) is 10.3. The number of para-hydroxylation sites is 1. The van der Waals surface area contributed by atoms with E-state index in [1.165, 1.54) is 0 Å². The first-order valence-electron chi connectivity index (χ1n) is 5.94. The molecule has 0 amide bonds. The Hall–Kier alpha value is -1.26. The topological polar surface area (TPSA) is 53.7 Å². The van der Waals surface area contributed by atoms with Crippen molar-refractivity contribution in [1.82, 2.24) is 0 Å². The number of hydrogen-bond donors (Lipinski definition) is 1. The average Bonchev–Trinajstić information content (AvgIpc) is 2.35. The van der Waals surface area contributed by atoms with Crippen molar-refractivity contribution in [3.63, 3.8) is 0 Å². The van der Waals surface area contributed by atoms with Gasteiger partial charge in [-0.2, -0.15) is 0 Å². The molecule has 17 heavy (non-hydrogen) atoms. The lowest BCUT2D eigenvalue weighted by atomic mass is 10.1. The molecule has 1 atom stereocenters. The molecule has 94 valence electrons. The summed E-state index contributed by atoms with van der Waals surface area (Å²) in [7, 11) is 0. The highest BCUT2D eigenvalue weighted by Crippen LogP contribution is 2.36. The van der Waals surface area contributed by atoms with E-state index < -0.39 is 0 Å². The Bertz CT molecular complexity index is 379. The Balaban J connectivity index is 2.14. The first-order chi connectivity index (χ1) is 8.18. The van der Waals surface area contributed by atoms with Crippen LogP contribution in [-0.4, -0.2) is 25.9 Å². The van der Waals surface area contributed by atoms with Gasteiger partial charge in [-0.3, -0.25) is 0 Å². The minimum atomic E-state index is -0.186. The SMILES string of the molecule is CC(C)OCC(N)c1cccc2c1OCCO2. The van der Waals surface area contributed by atoms with Gasteiger partial charge in [0.15, 0.2) is 11.5 Å². The molecule has 1 unspecified atom stereocenters. The molecule has 2 N–H and O–H groups in total. The Morgan fingerprint density at radius 2 is 2.06 bits per heavy atom. The zero-order chi connectivity index (χ0) is 12.3. The third kappa shape index (κ3) is 2.90. The van der Waals surface area contributed by atoms with Crippen molar-refractivity contribution in [3.05, 3.63) is 23.8 Å². The maximum atomic E-state index is 6.11. The van der Waals surface area contributed by atoms with Crippen molar-refractivity contribution in [2.24, 2.45) is 5.73 Å². The number of rotatable bonds is 4. The largest absolute Gasteiger partial charge is 0.486 e. The summed E-state index contributed by atoms with van der Waals surface area (Å²) < 4.78 is 16.7. The predicted molar refractivity (Wildman–Crippen MR) is 65.4 cm³/mol. The first-order valence-corrected chi connectivity index (χ1v) is 5.94. The van der Waals surface area contributed by atoms with E-state index in [4.69, 9.17) is 19.9 Å². The van der Waals surface area contributed by atoms with Crippen LogP contribution in [0.15, 0.2) is 18.2 Å². The standard InChI is InChI=1S/C13H19NO3/c1-9(2)17-8-11(14)10-4-3-5-12-13(10)16-7-6-15-12/h3-5,9,11H,6-8,14H2,1-2H3. The van der Waals surface area contributed by atoms with Gasteiger partial charge in [0.1, 0.15) is 13.2 Å². The number of hydrogen-bond acceptors (Lipinski definition) is 4. The van der Waals surface area contributed by atoms with Crippen molar-refractivity contribution < 1.29 is 14.2 Å². The summed E-state index contributed by atoms with van der Waals surface area (Å²) >= 11 is 0. The summed E-state index contributed by atoms with van der Waals surface area (Å²) in [4.78, 5) is 0. The quantitative estimate of drug-likeness (QED) is 0.868. The summed E-state index contributed by atoms with van der Waals surface area (Å²) in [6.07, 6.45) is 0.178. The van der Waals surface area contributed by atoms with Gasteiger partial charge in [-0.15, -0.1) is 0 Å². The predicted octanol–water partition coefficient (Wildman–Crippen LogP) is 1.88.